The minimum atomic E-state index is -0.101. The van der Waals surface area contributed by atoms with Crippen LogP contribution in [-0.4, -0.2) is 22.2 Å². The Balaban J connectivity index is 1.85. The average molecular weight is 256 g/mol. The fourth-order valence-electron chi connectivity index (χ4n) is 1.95. The van der Waals surface area contributed by atoms with Gasteiger partial charge in [0.1, 0.15) is 17.9 Å². The molecule has 6 heteroatoms. The summed E-state index contributed by atoms with van der Waals surface area (Å²) in [5, 5.41) is 12.7. The third kappa shape index (κ3) is 2.33. The molecule has 6 nitrogen and oxygen atoms in total. The molecule has 19 heavy (non-hydrogen) atoms. The normalized spacial score (nSPS) is 16.0. The van der Waals surface area contributed by atoms with Crippen LogP contribution in [0.25, 0.3) is 11.6 Å². The van der Waals surface area contributed by atoms with Gasteiger partial charge in [-0.1, -0.05) is 5.16 Å². The Kier molecular flexibility index (Phi) is 2.97. The van der Waals surface area contributed by atoms with E-state index in [0.717, 1.165) is 12.8 Å². The first-order valence-electron chi connectivity index (χ1n) is 6.04. The third-order valence-electron chi connectivity index (χ3n) is 3.11. The summed E-state index contributed by atoms with van der Waals surface area (Å²) in [5.74, 6) is 1.40. The van der Waals surface area contributed by atoms with Gasteiger partial charge >= 0.3 is 0 Å². The molecule has 0 saturated heterocycles. The van der Waals surface area contributed by atoms with Gasteiger partial charge in [0.2, 0.25) is 5.82 Å². The third-order valence-corrected chi connectivity index (χ3v) is 3.11. The minimum absolute atomic E-state index is 0.101. The molecule has 2 heterocycles. The van der Waals surface area contributed by atoms with Crippen LogP contribution in [0.2, 0.25) is 0 Å². The van der Waals surface area contributed by atoms with Crippen molar-refractivity contribution in [2.75, 3.05) is 7.11 Å². The molecule has 0 aliphatic heterocycles. The van der Waals surface area contributed by atoms with Crippen LogP contribution in [-0.2, 0) is 4.74 Å². The average Bonchev–Trinajstić information content (AvgIpc) is 3.17. The Morgan fingerprint density at radius 2 is 2.32 bits per heavy atom. The summed E-state index contributed by atoms with van der Waals surface area (Å²) >= 11 is 0. The van der Waals surface area contributed by atoms with E-state index in [-0.39, 0.29) is 6.10 Å². The molecule has 1 unspecified atom stereocenters. The number of methoxy groups -OCH3 is 1. The van der Waals surface area contributed by atoms with Gasteiger partial charge in [0, 0.05) is 13.3 Å². The Labute approximate surface area is 110 Å². The van der Waals surface area contributed by atoms with Gasteiger partial charge in [0.05, 0.1) is 5.56 Å². The summed E-state index contributed by atoms with van der Waals surface area (Å²) in [6.45, 7) is 0. The van der Waals surface area contributed by atoms with Crippen LogP contribution in [0.15, 0.2) is 22.9 Å². The van der Waals surface area contributed by atoms with Crippen molar-refractivity contribution in [1.82, 2.24) is 15.1 Å². The van der Waals surface area contributed by atoms with Crippen LogP contribution >= 0.6 is 0 Å². The molecule has 2 aromatic heterocycles. The molecule has 1 atom stereocenters. The molecule has 1 fully saturated rings. The predicted molar refractivity (Wildman–Crippen MR) is 64.7 cm³/mol. The molecular formula is C13H12N4O2. The number of nitriles is 1. The fourth-order valence-corrected chi connectivity index (χ4v) is 1.95. The first-order valence-corrected chi connectivity index (χ1v) is 6.04. The molecule has 1 saturated carbocycles. The smallest absolute Gasteiger partial charge is 0.276 e. The standard InChI is InChI=1S/C13H12N4O2/c1-18-11(9-3-4-9)12-16-13(19-17-12)10-5-2-8(6-14)7-15-10/h2,5,7,9,11H,3-4H2,1H3. The van der Waals surface area contributed by atoms with Crippen LogP contribution < -0.4 is 0 Å². The Morgan fingerprint density at radius 1 is 1.47 bits per heavy atom. The van der Waals surface area contributed by atoms with Gasteiger partial charge in [-0.15, -0.1) is 0 Å². The van der Waals surface area contributed by atoms with Crippen LogP contribution in [0.1, 0.15) is 30.3 Å². The second kappa shape index (κ2) is 4.78. The maximum atomic E-state index is 8.72. The summed E-state index contributed by atoms with van der Waals surface area (Å²) in [6, 6.07) is 5.37. The largest absolute Gasteiger partial charge is 0.373 e. The number of rotatable bonds is 4. The van der Waals surface area contributed by atoms with Crippen molar-refractivity contribution in [2.45, 2.75) is 18.9 Å². The van der Waals surface area contributed by atoms with Gasteiger partial charge in [-0.3, -0.25) is 0 Å². The van der Waals surface area contributed by atoms with Gasteiger partial charge in [-0.25, -0.2) is 4.98 Å². The highest BCUT2D eigenvalue weighted by Gasteiger charge is 2.35. The van der Waals surface area contributed by atoms with Crippen LogP contribution in [0.3, 0.4) is 0 Å². The highest BCUT2D eigenvalue weighted by Crippen LogP contribution is 2.42. The second-order valence-electron chi connectivity index (χ2n) is 4.50. The van der Waals surface area contributed by atoms with E-state index in [1.807, 2.05) is 6.07 Å². The molecule has 0 aromatic carbocycles. The lowest BCUT2D eigenvalue weighted by molar-refractivity contribution is 0.0751. The summed E-state index contributed by atoms with van der Waals surface area (Å²) < 4.78 is 10.6. The Hall–Kier alpha value is -2.26. The number of nitrogens with zero attached hydrogens (tertiary/aromatic N) is 4. The fraction of sp³-hybridized carbons (Fsp3) is 0.385. The van der Waals surface area contributed by atoms with Crippen LogP contribution in [0.5, 0.6) is 0 Å². The second-order valence-corrected chi connectivity index (χ2v) is 4.50. The maximum absolute atomic E-state index is 8.72. The van der Waals surface area contributed by atoms with Crippen LogP contribution in [0, 0.1) is 17.2 Å². The topological polar surface area (TPSA) is 84.8 Å². The highest BCUT2D eigenvalue weighted by atomic mass is 16.5. The molecule has 0 spiro atoms. The van der Waals surface area contributed by atoms with Crippen molar-refractivity contribution in [1.29, 1.82) is 5.26 Å². The summed E-state index contributed by atoms with van der Waals surface area (Å²) in [7, 11) is 1.65. The zero-order valence-electron chi connectivity index (χ0n) is 10.4. The van der Waals surface area contributed by atoms with E-state index >= 15 is 0 Å². The van der Waals surface area contributed by atoms with E-state index in [4.69, 9.17) is 14.5 Å². The maximum Gasteiger partial charge on any atom is 0.276 e. The molecule has 3 rings (SSSR count). The first kappa shape index (κ1) is 11.8. The number of ether oxygens (including phenoxy) is 1. The molecule has 0 N–H and O–H groups in total. The Bertz CT molecular complexity index is 610. The predicted octanol–water partition coefficient (Wildman–Crippen LogP) is 2.10. The summed E-state index contributed by atoms with van der Waals surface area (Å²) in [6.07, 6.45) is 3.65. The molecule has 2 aromatic rings. The summed E-state index contributed by atoms with van der Waals surface area (Å²) in [4.78, 5) is 8.44. The number of pyridine rings is 1. The quantitative estimate of drug-likeness (QED) is 0.832. The lowest BCUT2D eigenvalue weighted by Crippen LogP contribution is -2.05. The lowest BCUT2D eigenvalue weighted by Gasteiger charge is -2.07. The van der Waals surface area contributed by atoms with E-state index in [1.165, 1.54) is 6.20 Å². The van der Waals surface area contributed by atoms with E-state index in [9.17, 15) is 0 Å². The van der Waals surface area contributed by atoms with E-state index in [2.05, 4.69) is 15.1 Å². The van der Waals surface area contributed by atoms with Crippen molar-refractivity contribution >= 4 is 0 Å². The zero-order chi connectivity index (χ0) is 13.2. The van der Waals surface area contributed by atoms with Gasteiger partial charge in [-0.05, 0) is 30.9 Å². The number of hydrogen-bond donors (Lipinski definition) is 0. The lowest BCUT2D eigenvalue weighted by atomic mass is 10.2. The van der Waals surface area contributed by atoms with E-state index < -0.39 is 0 Å². The van der Waals surface area contributed by atoms with E-state index in [1.54, 1.807) is 19.2 Å². The molecule has 0 bridgehead atoms. The van der Waals surface area contributed by atoms with Crippen molar-refractivity contribution in [3.63, 3.8) is 0 Å². The Morgan fingerprint density at radius 3 is 2.89 bits per heavy atom. The highest BCUT2D eigenvalue weighted by molar-refractivity contribution is 5.47. The van der Waals surface area contributed by atoms with E-state index in [0.29, 0.717) is 28.9 Å². The molecular weight excluding hydrogens is 244 g/mol. The van der Waals surface area contributed by atoms with Crippen molar-refractivity contribution in [2.24, 2.45) is 5.92 Å². The minimum Gasteiger partial charge on any atom is -0.373 e. The zero-order valence-corrected chi connectivity index (χ0v) is 10.4. The van der Waals surface area contributed by atoms with Crippen molar-refractivity contribution < 1.29 is 9.26 Å². The monoisotopic (exact) mass is 256 g/mol. The number of aromatic nitrogens is 3. The molecule has 0 radical (unpaired) electrons. The molecule has 96 valence electrons. The summed E-state index contributed by atoms with van der Waals surface area (Å²) in [5.41, 5.74) is 1.06. The van der Waals surface area contributed by atoms with Gasteiger partial charge in [0.15, 0.2) is 0 Å². The molecule has 0 amide bonds. The van der Waals surface area contributed by atoms with Crippen LogP contribution in [0.4, 0.5) is 0 Å². The molecule has 1 aliphatic rings. The van der Waals surface area contributed by atoms with Crippen molar-refractivity contribution in [3.8, 4) is 17.7 Å². The first-order chi connectivity index (χ1) is 9.31. The number of hydrogen-bond acceptors (Lipinski definition) is 6. The van der Waals surface area contributed by atoms with Gasteiger partial charge < -0.3 is 9.26 Å². The molecule has 1 aliphatic carbocycles. The van der Waals surface area contributed by atoms with Crippen molar-refractivity contribution in [3.05, 3.63) is 29.7 Å². The van der Waals surface area contributed by atoms with Gasteiger partial charge in [-0.2, -0.15) is 10.2 Å². The SMILES string of the molecule is COC(c1noc(-c2ccc(C#N)cn2)n1)C1CC1. The van der Waals surface area contributed by atoms with Gasteiger partial charge in [0.25, 0.3) is 5.89 Å².